The minimum Gasteiger partial charge on any atom is -0.461 e. The van der Waals surface area contributed by atoms with E-state index in [1.54, 1.807) is 19.1 Å². The first-order valence-electron chi connectivity index (χ1n) is 7.44. The number of fused-ring (bicyclic) bond motifs is 3. The molecule has 2 heterocycles. The minimum atomic E-state index is -3.92. The number of carbonyl (C=O) groups excluding carboxylic acids is 1. The van der Waals surface area contributed by atoms with E-state index in [1.807, 2.05) is 0 Å². The third-order valence-electron chi connectivity index (χ3n) is 3.73. The van der Waals surface area contributed by atoms with E-state index in [2.05, 4.69) is 26.2 Å². The number of halogens is 1. The fourth-order valence-corrected chi connectivity index (χ4v) is 4.11. The number of aromatic nitrogens is 3. The highest BCUT2D eigenvalue weighted by Crippen LogP contribution is 2.25. The minimum absolute atomic E-state index is 0.0957. The fourth-order valence-electron chi connectivity index (χ4n) is 2.58. The fraction of sp³-hybridized carbons (Fsp3) is 0.267. The van der Waals surface area contributed by atoms with Gasteiger partial charge in [-0.2, -0.15) is 0 Å². The summed E-state index contributed by atoms with van der Waals surface area (Å²) in [7, 11) is -3.92. The Hall–Kier alpha value is -2.20. The Kier molecular flexibility index (Phi) is 4.41. The van der Waals surface area contributed by atoms with E-state index in [0.717, 1.165) is 0 Å². The number of aromatic amines is 1. The number of rotatable bonds is 4. The summed E-state index contributed by atoms with van der Waals surface area (Å²) in [6, 6.07) is 4.86. The van der Waals surface area contributed by atoms with Crippen LogP contribution in [0.5, 0.6) is 0 Å². The van der Waals surface area contributed by atoms with Gasteiger partial charge in [-0.3, -0.25) is 4.79 Å². The molecule has 3 aromatic rings. The lowest BCUT2D eigenvalue weighted by Gasteiger charge is -2.08. The molecule has 0 saturated heterocycles. The predicted molar refractivity (Wildman–Crippen MR) is 94.7 cm³/mol. The van der Waals surface area contributed by atoms with E-state index in [0.29, 0.717) is 9.99 Å². The summed E-state index contributed by atoms with van der Waals surface area (Å²) in [6.45, 7) is 3.15. The summed E-state index contributed by atoms with van der Waals surface area (Å²) in [5.74, 6) is -1.09. The van der Waals surface area contributed by atoms with E-state index < -0.39 is 26.1 Å². The maximum Gasteiger partial charge on any atom is 0.361 e. The molecule has 3 rings (SSSR count). The Morgan fingerprint density at radius 1 is 1.36 bits per heavy atom. The van der Waals surface area contributed by atoms with Gasteiger partial charge >= 0.3 is 5.97 Å². The topological polar surface area (TPSA) is 111 Å². The van der Waals surface area contributed by atoms with Gasteiger partial charge in [-0.25, -0.2) is 22.9 Å². The normalized spacial score (nSPS) is 12.0. The summed E-state index contributed by atoms with van der Waals surface area (Å²) >= 11 is 3.27. The van der Waals surface area contributed by atoms with Crippen LogP contribution < -0.4 is 5.43 Å². The van der Waals surface area contributed by atoms with Gasteiger partial charge in [0.25, 0.3) is 0 Å². The van der Waals surface area contributed by atoms with Crippen molar-refractivity contribution in [2.45, 2.75) is 18.7 Å². The van der Waals surface area contributed by atoms with Crippen molar-refractivity contribution < 1.29 is 17.9 Å². The zero-order chi connectivity index (χ0) is 18.4. The van der Waals surface area contributed by atoms with Crippen molar-refractivity contribution >= 4 is 48.2 Å². The number of hydrogen-bond acceptors (Lipinski definition) is 6. The first-order chi connectivity index (χ1) is 11.8. The number of sulfone groups is 1. The molecule has 10 heteroatoms. The van der Waals surface area contributed by atoms with Gasteiger partial charge in [0, 0.05) is 4.47 Å². The van der Waals surface area contributed by atoms with Crippen molar-refractivity contribution in [2.75, 3.05) is 12.4 Å². The summed E-state index contributed by atoms with van der Waals surface area (Å²) < 4.78 is 32.0. The SMILES string of the molecule is CCOC(=O)c1n[nH]n2c1c(S(=O)(=O)CC)c(=O)c1cc(Br)ccc12. The summed E-state index contributed by atoms with van der Waals surface area (Å²) in [5.41, 5.74) is -0.609. The van der Waals surface area contributed by atoms with Crippen LogP contribution in [-0.2, 0) is 14.6 Å². The van der Waals surface area contributed by atoms with E-state index in [4.69, 9.17) is 4.74 Å². The van der Waals surface area contributed by atoms with E-state index in [1.165, 1.54) is 17.5 Å². The Bertz CT molecular complexity index is 1160. The third-order valence-corrected chi connectivity index (χ3v) is 5.99. The van der Waals surface area contributed by atoms with Gasteiger partial charge in [-0.15, -0.1) is 5.10 Å². The van der Waals surface area contributed by atoms with Crippen molar-refractivity contribution in [2.24, 2.45) is 0 Å². The lowest BCUT2D eigenvalue weighted by Crippen LogP contribution is -2.20. The number of carbonyl (C=O) groups is 1. The molecule has 0 aliphatic carbocycles. The molecule has 132 valence electrons. The van der Waals surface area contributed by atoms with Gasteiger partial charge in [0.05, 0.1) is 23.3 Å². The van der Waals surface area contributed by atoms with Crippen molar-refractivity contribution in [3.63, 3.8) is 0 Å². The van der Waals surface area contributed by atoms with Gasteiger partial charge < -0.3 is 4.74 Å². The van der Waals surface area contributed by atoms with Crippen LogP contribution >= 0.6 is 15.9 Å². The second kappa shape index (κ2) is 6.26. The molecule has 0 fully saturated rings. The molecule has 0 amide bonds. The Balaban J connectivity index is 2.59. The molecule has 0 spiro atoms. The standard InChI is InChI=1S/C15H14BrN3O5S/c1-3-24-15(21)11-12-14(25(22,23)4-2)13(20)9-7-8(16)5-6-10(9)19(12)18-17-11/h5-7,18H,3-4H2,1-2H3. The van der Waals surface area contributed by atoms with Crippen LogP contribution in [0.15, 0.2) is 32.4 Å². The molecule has 1 aromatic carbocycles. The van der Waals surface area contributed by atoms with Crippen LogP contribution in [0.25, 0.3) is 16.4 Å². The number of H-pyrrole nitrogens is 1. The number of nitrogens with zero attached hydrogens (tertiary/aromatic N) is 2. The lowest BCUT2D eigenvalue weighted by atomic mass is 10.2. The van der Waals surface area contributed by atoms with Crippen molar-refractivity contribution in [3.8, 4) is 0 Å². The first-order valence-corrected chi connectivity index (χ1v) is 9.88. The van der Waals surface area contributed by atoms with Crippen LogP contribution in [-0.4, -0.2) is 41.6 Å². The molecule has 0 aliphatic rings. The van der Waals surface area contributed by atoms with Crippen molar-refractivity contribution in [3.05, 3.63) is 38.6 Å². The van der Waals surface area contributed by atoms with Crippen molar-refractivity contribution in [1.29, 1.82) is 0 Å². The number of nitrogens with one attached hydrogen (secondary N) is 1. The zero-order valence-corrected chi connectivity index (χ0v) is 15.8. The first kappa shape index (κ1) is 17.6. The third kappa shape index (κ3) is 2.74. The maximum absolute atomic E-state index is 12.9. The lowest BCUT2D eigenvalue weighted by molar-refractivity contribution is 0.0521. The average molecular weight is 428 g/mol. The van der Waals surface area contributed by atoms with Crippen LogP contribution in [0.4, 0.5) is 0 Å². The summed E-state index contributed by atoms with van der Waals surface area (Å²) in [6.07, 6.45) is 0. The molecule has 2 aromatic heterocycles. The van der Waals surface area contributed by atoms with Gasteiger partial charge in [0.1, 0.15) is 10.4 Å². The van der Waals surface area contributed by atoms with E-state index in [-0.39, 0.29) is 29.0 Å². The molecular weight excluding hydrogens is 414 g/mol. The highest BCUT2D eigenvalue weighted by Gasteiger charge is 2.29. The number of ether oxygens (including phenoxy) is 1. The van der Waals surface area contributed by atoms with Crippen LogP contribution in [0.3, 0.4) is 0 Å². The van der Waals surface area contributed by atoms with Gasteiger partial charge in [-0.05, 0) is 25.1 Å². The largest absolute Gasteiger partial charge is 0.461 e. The second-order valence-corrected chi connectivity index (χ2v) is 8.32. The second-order valence-electron chi connectivity index (χ2n) is 5.19. The summed E-state index contributed by atoms with van der Waals surface area (Å²) in [5, 5.41) is 6.68. The van der Waals surface area contributed by atoms with Crippen LogP contribution in [0.2, 0.25) is 0 Å². The maximum atomic E-state index is 12.9. The molecule has 8 nitrogen and oxygen atoms in total. The molecule has 0 unspecified atom stereocenters. The molecule has 25 heavy (non-hydrogen) atoms. The van der Waals surface area contributed by atoms with Gasteiger partial charge in [0.15, 0.2) is 15.5 Å². The monoisotopic (exact) mass is 427 g/mol. The molecule has 0 aliphatic heterocycles. The Morgan fingerprint density at radius 3 is 2.72 bits per heavy atom. The highest BCUT2D eigenvalue weighted by atomic mass is 79.9. The number of benzene rings is 1. The zero-order valence-electron chi connectivity index (χ0n) is 13.4. The van der Waals surface area contributed by atoms with Gasteiger partial charge in [0.2, 0.25) is 5.43 Å². The summed E-state index contributed by atoms with van der Waals surface area (Å²) in [4.78, 5) is 24.6. The molecular formula is C15H14BrN3O5S. The number of hydrogen-bond donors (Lipinski definition) is 1. The van der Waals surface area contributed by atoms with E-state index in [9.17, 15) is 18.0 Å². The Morgan fingerprint density at radius 2 is 2.08 bits per heavy atom. The highest BCUT2D eigenvalue weighted by molar-refractivity contribution is 9.10. The molecule has 1 N–H and O–H groups in total. The van der Waals surface area contributed by atoms with Crippen molar-refractivity contribution in [1.82, 2.24) is 14.8 Å². The molecule has 0 saturated carbocycles. The quantitative estimate of drug-likeness (QED) is 0.636. The van der Waals surface area contributed by atoms with E-state index >= 15 is 0 Å². The molecule has 0 atom stereocenters. The molecule has 0 bridgehead atoms. The predicted octanol–water partition coefficient (Wildman–Crippen LogP) is 1.91. The molecule has 0 radical (unpaired) electrons. The van der Waals surface area contributed by atoms with Crippen LogP contribution in [0.1, 0.15) is 24.3 Å². The Labute approximate surface area is 150 Å². The smallest absolute Gasteiger partial charge is 0.361 e. The number of pyridine rings is 1. The van der Waals surface area contributed by atoms with Crippen LogP contribution in [0, 0.1) is 0 Å². The average Bonchev–Trinajstić information content (AvgIpc) is 2.99. The van der Waals surface area contributed by atoms with Gasteiger partial charge in [-0.1, -0.05) is 22.9 Å². The number of esters is 1.